The largest absolute Gasteiger partial charge is 0.492 e. The van der Waals surface area contributed by atoms with Crippen LogP contribution in [0.5, 0.6) is 5.75 Å². The fraction of sp³-hybridized carbons (Fsp3) is 0.286. The minimum atomic E-state index is -0.283. The predicted molar refractivity (Wildman–Crippen MR) is 110 cm³/mol. The van der Waals surface area contributed by atoms with Gasteiger partial charge in [-0.05, 0) is 54.8 Å². The fourth-order valence-corrected chi connectivity index (χ4v) is 2.56. The summed E-state index contributed by atoms with van der Waals surface area (Å²) in [6, 6.07) is 10.7. The maximum Gasteiger partial charge on any atom is 0.271 e. The van der Waals surface area contributed by atoms with Gasteiger partial charge >= 0.3 is 0 Å². The van der Waals surface area contributed by atoms with E-state index in [4.69, 9.17) is 4.74 Å². The van der Waals surface area contributed by atoms with E-state index in [2.05, 4.69) is 32.7 Å². The number of carbonyl (C=O) groups excluding carboxylic acids is 1. The van der Waals surface area contributed by atoms with Crippen LogP contribution in [0.1, 0.15) is 41.4 Å². The lowest BCUT2D eigenvalue weighted by atomic mass is 10.2. The topological polar surface area (TPSA) is 94.3 Å². The van der Waals surface area contributed by atoms with Gasteiger partial charge in [0.1, 0.15) is 12.4 Å². The average Bonchev–Trinajstić information content (AvgIpc) is 3.21. The van der Waals surface area contributed by atoms with Crippen molar-refractivity contribution in [2.75, 3.05) is 6.61 Å². The minimum Gasteiger partial charge on any atom is -0.492 e. The average molecular weight is 392 g/mol. The summed E-state index contributed by atoms with van der Waals surface area (Å²) in [4.78, 5) is 15.8. The second-order valence-electron chi connectivity index (χ2n) is 6.43. The smallest absolute Gasteiger partial charge is 0.271 e. The molecule has 0 unspecified atom stereocenters. The van der Waals surface area contributed by atoms with Crippen LogP contribution >= 0.6 is 0 Å². The van der Waals surface area contributed by atoms with Crippen molar-refractivity contribution >= 4 is 12.1 Å². The van der Waals surface area contributed by atoms with Gasteiger partial charge in [0.2, 0.25) is 0 Å². The number of nitrogens with one attached hydrogen (secondary N) is 1. The van der Waals surface area contributed by atoms with Gasteiger partial charge in [0.15, 0.2) is 0 Å². The Morgan fingerprint density at radius 2 is 2.00 bits per heavy atom. The summed E-state index contributed by atoms with van der Waals surface area (Å²) in [5.74, 6) is 0.476. The number of unbranched alkanes of at least 4 members (excludes halogenated alkanes) is 1. The summed E-state index contributed by atoms with van der Waals surface area (Å²) >= 11 is 0. The van der Waals surface area contributed by atoms with Gasteiger partial charge in [0.25, 0.3) is 5.91 Å². The van der Waals surface area contributed by atoms with Crippen molar-refractivity contribution in [3.05, 3.63) is 71.8 Å². The van der Waals surface area contributed by atoms with Crippen LogP contribution in [-0.2, 0) is 13.0 Å². The Morgan fingerprint density at radius 1 is 1.21 bits per heavy atom. The molecule has 1 aromatic carbocycles. The number of aryl methyl sites for hydroxylation is 1. The van der Waals surface area contributed by atoms with Crippen molar-refractivity contribution in [2.24, 2.45) is 5.10 Å². The van der Waals surface area contributed by atoms with Crippen LogP contribution in [0.25, 0.3) is 0 Å². The Morgan fingerprint density at radius 3 is 2.76 bits per heavy atom. The molecule has 0 saturated heterocycles. The summed E-state index contributed by atoms with van der Waals surface area (Å²) in [6.07, 6.45) is 9.90. The Hall–Kier alpha value is -3.55. The lowest BCUT2D eigenvalue weighted by Gasteiger charge is -2.06. The Bertz CT molecular complexity index is 922. The van der Waals surface area contributed by atoms with E-state index in [1.54, 1.807) is 35.4 Å². The maximum absolute atomic E-state index is 11.9. The van der Waals surface area contributed by atoms with Gasteiger partial charge in [-0.15, -0.1) is 5.10 Å². The van der Waals surface area contributed by atoms with Gasteiger partial charge in [-0.25, -0.2) is 10.1 Å². The second kappa shape index (κ2) is 10.7. The molecule has 2 heterocycles. The molecule has 0 aliphatic carbocycles. The van der Waals surface area contributed by atoms with Crippen molar-refractivity contribution < 1.29 is 9.53 Å². The molecule has 0 atom stereocenters. The van der Waals surface area contributed by atoms with Gasteiger partial charge in [0.05, 0.1) is 18.5 Å². The normalized spacial score (nSPS) is 10.9. The standard InChI is InChI=1S/C21H24N6O2/c1-2-3-4-19-16-27(26-24-19)13-14-29-20-7-5-17(6-8-20)15-23-25-21(28)18-9-11-22-12-10-18/h5-12,15-16H,2-4,13-14H2,1H3,(H,25,28)/b23-15+. The van der Waals surface area contributed by atoms with Crippen LogP contribution in [0.3, 0.4) is 0 Å². The number of amides is 1. The zero-order valence-corrected chi connectivity index (χ0v) is 16.4. The van der Waals surface area contributed by atoms with Gasteiger partial charge < -0.3 is 4.74 Å². The Labute approximate surface area is 169 Å². The molecular weight excluding hydrogens is 368 g/mol. The number of hydrogen-bond donors (Lipinski definition) is 1. The highest BCUT2D eigenvalue weighted by molar-refractivity contribution is 5.94. The van der Waals surface area contributed by atoms with Gasteiger partial charge in [-0.3, -0.25) is 9.78 Å². The number of aromatic nitrogens is 4. The third kappa shape index (κ3) is 6.53. The first-order valence-electron chi connectivity index (χ1n) is 9.60. The number of hydrogen-bond acceptors (Lipinski definition) is 6. The van der Waals surface area contributed by atoms with Gasteiger partial charge in [-0.2, -0.15) is 5.10 Å². The van der Waals surface area contributed by atoms with E-state index in [0.717, 1.165) is 36.3 Å². The van der Waals surface area contributed by atoms with E-state index in [9.17, 15) is 4.79 Å². The zero-order chi connectivity index (χ0) is 20.3. The van der Waals surface area contributed by atoms with Crippen LogP contribution in [-0.4, -0.2) is 38.7 Å². The molecule has 1 N–H and O–H groups in total. The molecule has 0 fully saturated rings. The monoisotopic (exact) mass is 392 g/mol. The van der Waals surface area contributed by atoms with Crippen molar-refractivity contribution in [3.63, 3.8) is 0 Å². The summed E-state index contributed by atoms with van der Waals surface area (Å²) in [5.41, 5.74) is 4.86. The summed E-state index contributed by atoms with van der Waals surface area (Å²) in [7, 11) is 0. The first-order valence-corrected chi connectivity index (χ1v) is 9.60. The number of nitrogens with zero attached hydrogens (tertiary/aromatic N) is 5. The van der Waals surface area contributed by atoms with Crippen molar-refractivity contribution in [1.82, 2.24) is 25.4 Å². The van der Waals surface area contributed by atoms with Crippen molar-refractivity contribution in [2.45, 2.75) is 32.7 Å². The molecule has 8 nitrogen and oxygen atoms in total. The number of ether oxygens (including phenoxy) is 1. The predicted octanol–water partition coefficient (Wildman–Crippen LogP) is 2.86. The molecule has 29 heavy (non-hydrogen) atoms. The van der Waals surface area contributed by atoms with Crippen LogP contribution < -0.4 is 10.2 Å². The van der Waals surface area contributed by atoms with Gasteiger partial charge in [0, 0.05) is 24.2 Å². The van der Waals surface area contributed by atoms with Crippen molar-refractivity contribution in [1.29, 1.82) is 0 Å². The molecule has 0 radical (unpaired) electrons. The summed E-state index contributed by atoms with van der Waals surface area (Å²) in [6.45, 7) is 3.31. The van der Waals surface area contributed by atoms with Crippen LogP contribution in [0.4, 0.5) is 0 Å². The second-order valence-corrected chi connectivity index (χ2v) is 6.43. The highest BCUT2D eigenvalue weighted by Crippen LogP contribution is 2.11. The first-order chi connectivity index (χ1) is 14.2. The number of carbonyl (C=O) groups is 1. The van der Waals surface area contributed by atoms with E-state index in [1.807, 2.05) is 30.5 Å². The van der Waals surface area contributed by atoms with Crippen LogP contribution in [0.15, 0.2) is 60.1 Å². The zero-order valence-electron chi connectivity index (χ0n) is 16.4. The third-order valence-corrected chi connectivity index (χ3v) is 4.16. The molecule has 0 aliphatic rings. The summed E-state index contributed by atoms with van der Waals surface area (Å²) in [5, 5.41) is 12.2. The fourth-order valence-electron chi connectivity index (χ4n) is 2.56. The lowest BCUT2D eigenvalue weighted by molar-refractivity contribution is 0.0955. The third-order valence-electron chi connectivity index (χ3n) is 4.16. The molecule has 8 heteroatoms. The molecule has 150 valence electrons. The van der Waals surface area contributed by atoms with Crippen molar-refractivity contribution in [3.8, 4) is 5.75 Å². The van der Waals surface area contributed by atoms with E-state index in [0.29, 0.717) is 18.7 Å². The highest BCUT2D eigenvalue weighted by Gasteiger charge is 2.03. The lowest BCUT2D eigenvalue weighted by Crippen LogP contribution is -2.17. The number of pyridine rings is 1. The van der Waals surface area contributed by atoms with E-state index < -0.39 is 0 Å². The molecule has 3 rings (SSSR count). The number of hydrazone groups is 1. The van der Waals surface area contributed by atoms with Crippen LogP contribution in [0.2, 0.25) is 0 Å². The SMILES string of the molecule is CCCCc1cn(CCOc2ccc(/C=N/NC(=O)c3ccncc3)cc2)nn1. The molecule has 2 aromatic heterocycles. The quantitative estimate of drug-likeness (QED) is 0.423. The molecule has 3 aromatic rings. The maximum atomic E-state index is 11.9. The van der Waals surface area contributed by atoms with Gasteiger partial charge in [-0.1, -0.05) is 18.6 Å². The van der Waals surface area contributed by atoms with E-state index in [1.165, 1.54) is 0 Å². The van der Waals surface area contributed by atoms with Crippen LogP contribution in [0, 0.1) is 0 Å². The Kier molecular flexibility index (Phi) is 7.45. The molecule has 0 bridgehead atoms. The molecule has 0 saturated carbocycles. The minimum absolute atomic E-state index is 0.283. The molecule has 0 aliphatic heterocycles. The first kappa shape index (κ1) is 20.2. The number of benzene rings is 1. The number of rotatable bonds is 10. The molecule has 0 spiro atoms. The Balaban J connectivity index is 1.41. The van der Waals surface area contributed by atoms with E-state index in [-0.39, 0.29) is 5.91 Å². The molecule has 1 amide bonds. The summed E-state index contributed by atoms with van der Waals surface area (Å²) < 4.78 is 7.55. The highest BCUT2D eigenvalue weighted by atomic mass is 16.5. The molecular formula is C21H24N6O2. The van der Waals surface area contributed by atoms with E-state index >= 15 is 0 Å².